The molecule has 1 heterocycles. The lowest BCUT2D eigenvalue weighted by molar-refractivity contribution is 0.194. The molecule has 0 bridgehead atoms. The highest BCUT2D eigenvalue weighted by atomic mass is 32.1. The van der Waals surface area contributed by atoms with Crippen LogP contribution in [-0.2, 0) is 4.74 Å². The average molecular weight is 158 g/mol. The van der Waals surface area contributed by atoms with E-state index in [2.05, 4.69) is 12.6 Å². The van der Waals surface area contributed by atoms with Crippen LogP contribution in [0.4, 0.5) is 0 Å². The molecule has 2 nitrogen and oxygen atoms in total. The monoisotopic (exact) mass is 158 g/mol. The van der Waals surface area contributed by atoms with Crippen molar-refractivity contribution in [1.82, 2.24) is 0 Å². The van der Waals surface area contributed by atoms with Gasteiger partial charge in [0, 0.05) is 7.11 Å². The molecule has 1 rings (SSSR count). The zero-order valence-corrected chi connectivity index (χ0v) is 6.67. The van der Waals surface area contributed by atoms with Crippen LogP contribution in [0.2, 0.25) is 0 Å². The number of rotatable bonds is 3. The molecular weight excluding hydrogens is 148 g/mol. The molecule has 0 aromatic carbocycles. The summed E-state index contributed by atoms with van der Waals surface area (Å²) >= 11 is 4.25. The maximum Gasteiger partial charge on any atom is 0.118 e. The van der Waals surface area contributed by atoms with E-state index in [1.807, 2.05) is 12.1 Å². The summed E-state index contributed by atoms with van der Waals surface area (Å²) in [6, 6.07) is 3.73. The lowest BCUT2D eigenvalue weighted by Gasteiger charge is -2.03. The summed E-state index contributed by atoms with van der Waals surface area (Å²) < 4.78 is 9.98. The SMILES string of the molecule is COCC(S)c1ccco1. The smallest absolute Gasteiger partial charge is 0.118 e. The van der Waals surface area contributed by atoms with Crippen molar-refractivity contribution < 1.29 is 9.15 Å². The van der Waals surface area contributed by atoms with Crippen molar-refractivity contribution in [2.75, 3.05) is 13.7 Å². The summed E-state index contributed by atoms with van der Waals surface area (Å²) in [6.45, 7) is 0.580. The van der Waals surface area contributed by atoms with Crippen LogP contribution in [-0.4, -0.2) is 13.7 Å². The Balaban J connectivity index is 2.50. The Morgan fingerprint density at radius 1 is 1.80 bits per heavy atom. The lowest BCUT2D eigenvalue weighted by atomic mass is 10.3. The molecule has 0 aliphatic rings. The molecule has 0 saturated carbocycles. The average Bonchev–Trinajstić information content (AvgIpc) is 2.38. The highest BCUT2D eigenvalue weighted by Crippen LogP contribution is 2.19. The van der Waals surface area contributed by atoms with Crippen LogP contribution in [0.15, 0.2) is 22.8 Å². The van der Waals surface area contributed by atoms with Gasteiger partial charge < -0.3 is 9.15 Å². The number of thiol groups is 1. The van der Waals surface area contributed by atoms with Gasteiger partial charge in [0.25, 0.3) is 0 Å². The van der Waals surface area contributed by atoms with Crippen LogP contribution >= 0.6 is 12.6 Å². The third-order valence-corrected chi connectivity index (χ3v) is 1.60. The molecule has 1 atom stereocenters. The van der Waals surface area contributed by atoms with Crippen LogP contribution in [0.3, 0.4) is 0 Å². The Labute approximate surface area is 65.6 Å². The van der Waals surface area contributed by atoms with Gasteiger partial charge in [-0.15, -0.1) is 0 Å². The van der Waals surface area contributed by atoms with Crippen LogP contribution in [0.1, 0.15) is 11.0 Å². The minimum Gasteiger partial charge on any atom is -0.468 e. The molecule has 1 aromatic rings. The first kappa shape index (κ1) is 7.69. The molecule has 10 heavy (non-hydrogen) atoms. The highest BCUT2D eigenvalue weighted by molar-refractivity contribution is 7.80. The van der Waals surface area contributed by atoms with Crippen molar-refractivity contribution in [3.63, 3.8) is 0 Å². The molecule has 0 saturated heterocycles. The van der Waals surface area contributed by atoms with Crippen molar-refractivity contribution in [2.24, 2.45) is 0 Å². The molecule has 1 unspecified atom stereocenters. The van der Waals surface area contributed by atoms with Crippen molar-refractivity contribution in [1.29, 1.82) is 0 Å². The Morgan fingerprint density at radius 3 is 3.10 bits per heavy atom. The number of furan rings is 1. The van der Waals surface area contributed by atoms with Gasteiger partial charge in [0.1, 0.15) is 5.76 Å². The van der Waals surface area contributed by atoms with Gasteiger partial charge in [0.2, 0.25) is 0 Å². The van der Waals surface area contributed by atoms with Gasteiger partial charge in [0.15, 0.2) is 0 Å². The molecule has 0 spiro atoms. The number of hydrogen-bond donors (Lipinski definition) is 1. The van der Waals surface area contributed by atoms with Gasteiger partial charge in [0.05, 0.1) is 18.1 Å². The van der Waals surface area contributed by atoms with Crippen LogP contribution in [0.25, 0.3) is 0 Å². The molecule has 1 aromatic heterocycles. The minimum absolute atomic E-state index is 0.0556. The van der Waals surface area contributed by atoms with Crippen LogP contribution < -0.4 is 0 Å². The zero-order valence-electron chi connectivity index (χ0n) is 5.78. The van der Waals surface area contributed by atoms with E-state index in [4.69, 9.17) is 9.15 Å². The maximum absolute atomic E-state index is 5.09. The molecule has 0 N–H and O–H groups in total. The van der Waals surface area contributed by atoms with Crippen molar-refractivity contribution in [2.45, 2.75) is 5.25 Å². The van der Waals surface area contributed by atoms with Gasteiger partial charge in [-0.3, -0.25) is 0 Å². The summed E-state index contributed by atoms with van der Waals surface area (Å²) in [4.78, 5) is 0. The lowest BCUT2D eigenvalue weighted by Crippen LogP contribution is -1.97. The number of ether oxygens (including phenoxy) is 1. The van der Waals surface area contributed by atoms with E-state index < -0.39 is 0 Å². The number of methoxy groups -OCH3 is 1. The first-order valence-corrected chi connectivity index (χ1v) is 3.56. The van der Waals surface area contributed by atoms with Crippen LogP contribution in [0, 0.1) is 0 Å². The van der Waals surface area contributed by atoms with Crippen molar-refractivity contribution >= 4 is 12.6 Å². The van der Waals surface area contributed by atoms with Crippen molar-refractivity contribution in [3.8, 4) is 0 Å². The molecule has 0 amide bonds. The zero-order chi connectivity index (χ0) is 7.40. The fourth-order valence-electron chi connectivity index (χ4n) is 0.721. The summed E-state index contributed by atoms with van der Waals surface area (Å²) in [6.07, 6.45) is 1.63. The van der Waals surface area contributed by atoms with Gasteiger partial charge >= 0.3 is 0 Å². The Bertz CT molecular complexity index is 172. The van der Waals surface area contributed by atoms with Crippen LogP contribution in [0.5, 0.6) is 0 Å². The van der Waals surface area contributed by atoms with Gasteiger partial charge in [-0.05, 0) is 12.1 Å². The van der Waals surface area contributed by atoms with E-state index in [0.717, 1.165) is 5.76 Å². The predicted octanol–water partition coefficient (Wildman–Crippen LogP) is 1.90. The highest BCUT2D eigenvalue weighted by Gasteiger charge is 2.07. The summed E-state index contributed by atoms with van der Waals surface area (Å²) in [5.41, 5.74) is 0. The van der Waals surface area contributed by atoms with Gasteiger partial charge in [-0.1, -0.05) is 0 Å². The first-order valence-electron chi connectivity index (χ1n) is 3.05. The largest absolute Gasteiger partial charge is 0.468 e. The molecule has 0 fully saturated rings. The standard InChI is InChI=1S/C7H10O2S/c1-8-5-7(10)6-3-2-4-9-6/h2-4,7,10H,5H2,1H3. The summed E-state index contributed by atoms with van der Waals surface area (Å²) in [7, 11) is 1.64. The van der Waals surface area contributed by atoms with E-state index in [1.54, 1.807) is 13.4 Å². The predicted molar refractivity (Wildman–Crippen MR) is 42.3 cm³/mol. The van der Waals surface area contributed by atoms with Gasteiger partial charge in [-0.25, -0.2) is 0 Å². The second kappa shape index (κ2) is 3.68. The Morgan fingerprint density at radius 2 is 2.60 bits per heavy atom. The molecule has 56 valence electrons. The first-order chi connectivity index (χ1) is 4.84. The Kier molecular flexibility index (Phi) is 2.83. The minimum atomic E-state index is 0.0556. The number of hydrogen-bond acceptors (Lipinski definition) is 3. The summed E-state index contributed by atoms with van der Waals surface area (Å²) in [5.74, 6) is 0.852. The molecule has 0 aliphatic carbocycles. The molecular formula is C7H10O2S. The Hall–Kier alpha value is -0.410. The van der Waals surface area contributed by atoms with Gasteiger partial charge in [-0.2, -0.15) is 12.6 Å². The third kappa shape index (κ3) is 1.78. The second-order valence-electron chi connectivity index (χ2n) is 1.99. The summed E-state index contributed by atoms with van der Waals surface area (Å²) in [5, 5.41) is 0.0556. The third-order valence-electron chi connectivity index (χ3n) is 1.20. The quantitative estimate of drug-likeness (QED) is 0.679. The molecule has 0 aliphatic heterocycles. The molecule has 3 heteroatoms. The van der Waals surface area contributed by atoms with E-state index >= 15 is 0 Å². The normalized spacial score (nSPS) is 13.4. The van der Waals surface area contributed by atoms with E-state index in [9.17, 15) is 0 Å². The van der Waals surface area contributed by atoms with E-state index in [0.29, 0.717) is 6.61 Å². The van der Waals surface area contributed by atoms with E-state index in [1.165, 1.54) is 0 Å². The van der Waals surface area contributed by atoms with Crippen molar-refractivity contribution in [3.05, 3.63) is 24.2 Å². The van der Waals surface area contributed by atoms with E-state index in [-0.39, 0.29) is 5.25 Å². The topological polar surface area (TPSA) is 22.4 Å². The second-order valence-corrected chi connectivity index (χ2v) is 2.61. The maximum atomic E-state index is 5.09. The fourth-order valence-corrected chi connectivity index (χ4v) is 1.02. The molecule has 0 radical (unpaired) electrons. The fraction of sp³-hybridized carbons (Fsp3) is 0.429.